The van der Waals surface area contributed by atoms with Crippen LogP contribution in [-0.4, -0.2) is 25.6 Å². The number of carbonyl (C=O) groups excluding carboxylic acids is 2. The summed E-state index contributed by atoms with van der Waals surface area (Å²) in [5, 5.41) is 8.27. The summed E-state index contributed by atoms with van der Waals surface area (Å²) in [7, 11) is 1.59. The van der Waals surface area contributed by atoms with Gasteiger partial charge in [0.2, 0.25) is 5.91 Å². The molecule has 2 rings (SSSR count). The fourth-order valence-corrected chi connectivity index (χ4v) is 2.54. The lowest BCUT2D eigenvalue weighted by Gasteiger charge is -2.17. The minimum absolute atomic E-state index is 0.0669. The van der Waals surface area contributed by atoms with E-state index in [1.165, 1.54) is 0 Å². The van der Waals surface area contributed by atoms with E-state index in [1.807, 2.05) is 38.1 Å². The molecule has 0 radical (unpaired) electrons. The van der Waals surface area contributed by atoms with Crippen molar-refractivity contribution in [1.82, 2.24) is 10.6 Å². The van der Waals surface area contributed by atoms with Crippen molar-refractivity contribution >= 4 is 17.6 Å². The lowest BCUT2D eigenvalue weighted by molar-refractivity contribution is -0.121. The molecule has 3 N–H and O–H groups in total. The second-order valence-electron chi connectivity index (χ2n) is 5.97. The molecule has 0 fully saturated rings. The number of amides is 3. The van der Waals surface area contributed by atoms with Gasteiger partial charge >= 0.3 is 6.03 Å². The van der Waals surface area contributed by atoms with Gasteiger partial charge in [-0.1, -0.05) is 24.3 Å². The Labute approximate surface area is 153 Å². The highest BCUT2D eigenvalue weighted by molar-refractivity contribution is 5.89. The summed E-state index contributed by atoms with van der Waals surface area (Å²) in [5.41, 5.74) is 2.89. The van der Waals surface area contributed by atoms with Crippen LogP contribution in [-0.2, 0) is 4.79 Å². The topological polar surface area (TPSA) is 79.5 Å². The molecule has 138 valence electrons. The highest BCUT2D eigenvalue weighted by Gasteiger charge is 2.11. The van der Waals surface area contributed by atoms with Crippen LogP contribution >= 0.6 is 0 Å². The molecule has 6 heteroatoms. The highest BCUT2D eigenvalue weighted by atomic mass is 16.5. The summed E-state index contributed by atoms with van der Waals surface area (Å²) in [5.74, 6) is 0.580. The first-order valence-electron chi connectivity index (χ1n) is 8.56. The van der Waals surface area contributed by atoms with Gasteiger partial charge in [0.05, 0.1) is 19.1 Å². The minimum atomic E-state index is -0.269. The van der Waals surface area contributed by atoms with E-state index >= 15 is 0 Å². The summed E-state index contributed by atoms with van der Waals surface area (Å²) in [4.78, 5) is 23.3. The van der Waals surface area contributed by atoms with E-state index in [0.717, 1.165) is 11.1 Å². The Bertz CT molecular complexity index is 744. The van der Waals surface area contributed by atoms with Crippen LogP contribution in [0.2, 0.25) is 0 Å². The lowest BCUT2D eigenvalue weighted by atomic mass is 10.0. The number of hydrogen-bond donors (Lipinski definition) is 3. The van der Waals surface area contributed by atoms with E-state index in [-0.39, 0.29) is 18.0 Å². The van der Waals surface area contributed by atoms with Crippen molar-refractivity contribution in [2.75, 3.05) is 19.0 Å². The molecular formula is C20H25N3O3. The Morgan fingerprint density at radius 1 is 1.08 bits per heavy atom. The Hall–Kier alpha value is -3.02. The van der Waals surface area contributed by atoms with Crippen LogP contribution < -0.4 is 20.7 Å². The van der Waals surface area contributed by atoms with Crippen LogP contribution in [0.4, 0.5) is 10.5 Å². The maximum atomic E-state index is 12.2. The number of ether oxygens (including phenoxy) is 1. The van der Waals surface area contributed by atoms with Gasteiger partial charge in [-0.2, -0.15) is 0 Å². The van der Waals surface area contributed by atoms with Crippen molar-refractivity contribution in [3.63, 3.8) is 0 Å². The van der Waals surface area contributed by atoms with Crippen molar-refractivity contribution in [2.45, 2.75) is 26.3 Å². The predicted octanol–water partition coefficient (Wildman–Crippen LogP) is 3.39. The fraction of sp³-hybridized carbons (Fsp3) is 0.300. The number of carbonyl (C=O) groups is 2. The molecule has 0 saturated carbocycles. The normalized spacial score (nSPS) is 11.3. The van der Waals surface area contributed by atoms with Gasteiger partial charge in [0.25, 0.3) is 0 Å². The van der Waals surface area contributed by atoms with Crippen molar-refractivity contribution < 1.29 is 14.3 Å². The third kappa shape index (κ3) is 5.81. The van der Waals surface area contributed by atoms with E-state index in [2.05, 4.69) is 16.0 Å². The zero-order valence-electron chi connectivity index (χ0n) is 15.3. The zero-order chi connectivity index (χ0) is 18.9. The van der Waals surface area contributed by atoms with Gasteiger partial charge in [0.15, 0.2) is 0 Å². The second-order valence-corrected chi connectivity index (χ2v) is 5.97. The van der Waals surface area contributed by atoms with E-state index in [0.29, 0.717) is 24.5 Å². The molecular weight excluding hydrogens is 330 g/mol. The first-order valence-corrected chi connectivity index (χ1v) is 8.56. The minimum Gasteiger partial charge on any atom is -0.493 e. The maximum Gasteiger partial charge on any atom is 0.319 e. The van der Waals surface area contributed by atoms with Crippen LogP contribution in [0.15, 0.2) is 48.5 Å². The SMILES string of the molecule is CNC(=O)CCOc1ccc(NC(=O)NC(C)c2ccccc2C)cc1. The van der Waals surface area contributed by atoms with E-state index in [4.69, 9.17) is 4.74 Å². The Morgan fingerprint density at radius 2 is 1.77 bits per heavy atom. The van der Waals surface area contributed by atoms with Crippen LogP contribution in [0.25, 0.3) is 0 Å². The van der Waals surface area contributed by atoms with Gasteiger partial charge in [-0.15, -0.1) is 0 Å². The Balaban J connectivity index is 1.83. The Kier molecular flexibility index (Phi) is 7.02. The number of hydrogen-bond acceptors (Lipinski definition) is 3. The van der Waals surface area contributed by atoms with Crippen molar-refractivity contribution in [1.29, 1.82) is 0 Å². The molecule has 0 saturated heterocycles. The van der Waals surface area contributed by atoms with Gasteiger partial charge in [-0.25, -0.2) is 4.79 Å². The van der Waals surface area contributed by atoms with E-state index in [1.54, 1.807) is 31.3 Å². The number of rotatable bonds is 7. The molecule has 0 heterocycles. The summed E-state index contributed by atoms with van der Waals surface area (Å²) < 4.78 is 5.48. The molecule has 3 amide bonds. The summed E-state index contributed by atoms with van der Waals surface area (Å²) in [6, 6.07) is 14.6. The molecule has 0 aromatic heterocycles. The Morgan fingerprint density at radius 3 is 2.42 bits per heavy atom. The van der Waals surface area contributed by atoms with Gasteiger partial charge in [0.1, 0.15) is 5.75 Å². The quantitative estimate of drug-likeness (QED) is 0.712. The summed E-state index contributed by atoms with van der Waals surface area (Å²) in [6.45, 7) is 4.28. The first-order chi connectivity index (χ1) is 12.5. The van der Waals surface area contributed by atoms with Crippen LogP contribution in [0.1, 0.15) is 30.5 Å². The van der Waals surface area contributed by atoms with Crippen LogP contribution in [0.5, 0.6) is 5.75 Å². The molecule has 1 unspecified atom stereocenters. The van der Waals surface area contributed by atoms with Crippen LogP contribution in [0.3, 0.4) is 0 Å². The second kappa shape index (κ2) is 9.46. The predicted molar refractivity (Wildman–Crippen MR) is 102 cm³/mol. The van der Waals surface area contributed by atoms with Crippen molar-refractivity contribution in [3.05, 3.63) is 59.7 Å². The van der Waals surface area contributed by atoms with Crippen molar-refractivity contribution in [3.8, 4) is 5.75 Å². The molecule has 0 aliphatic rings. The molecule has 0 aliphatic carbocycles. The number of benzene rings is 2. The number of aryl methyl sites for hydroxylation is 1. The third-order valence-corrected chi connectivity index (χ3v) is 3.99. The standard InChI is InChI=1S/C20H25N3O3/c1-14-6-4-5-7-18(14)15(2)22-20(25)23-16-8-10-17(11-9-16)26-13-12-19(24)21-3/h4-11,15H,12-13H2,1-3H3,(H,21,24)(H2,22,23,25). The zero-order valence-corrected chi connectivity index (χ0v) is 15.3. The molecule has 0 aliphatic heterocycles. The molecule has 0 spiro atoms. The largest absolute Gasteiger partial charge is 0.493 e. The van der Waals surface area contributed by atoms with Gasteiger partial charge in [-0.05, 0) is 49.2 Å². The van der Waals surface area contributed by atoms with Crippen LogP contribution in [0, 0.1) is 6.92 Å². The van der Waals surface area contributed by atoms with Gasteiger partial charge in [0, 0.05) is 12.7 Å². The summed E-state index contributed by atoms with van der Waals surface area (Å²) >= 11 is 0. The molecule has 0 bridgehead atoms. The molecule has 2 aromatic carbocycles. The molecule has 2 aromatic rings. The van der Waals surface area contributed by atoms with E-state index in [9.17, 15) is 9.59 Å². The highest BCUT2D eigenvalue weighted by Crippen LogP contribution is 2.18. The number of urea groups is 1. The smallest absolute Gasteiger partial charge is 0.319 e. The first kappa shape index (κ1) is 19.3. The third-order valence-electron chi connectivity index (χ3n) is 3.99. The lowest BCUT2D eigenvalue weighted by Crippen LogP contribution is -2.31. The molecule has 6 nitrogen and oxygen atoms in total. The van der Waals surface area contributed by atoms with Gasteiger partial charge < -0.3 is 20.7 Å². The monoisotopic (exact) mass is 355 g/mol. The summed E-state index contributed by atoms with van der Waals surface area (Å²) in [6.07, 6.45) is 0.301. The number of nitrogens with one attached hydrogen (secondary N) is 3. The average Bonchev–Trinajstić information content (AvgIpc) is 2.63. The molecule has 1 atom stereocenters. The van der Waals surface area contributed by atoms with Crippen molar-refractivity contribution in [2.24, 2.45) is 0 Å². The van der Waals surface area contributed by atoms with E-state index < -0.39 is 0 Å². The average molecular weight is 355 g/mol. The fourth-order valence-electron chi connectivity index (χ4n) is 2.54. The number of anilines is 1. The van der Waals surface area contributed by atoms with Gasteiger partial charge in [-0.3, -0.25) is 4.79 Å². The molecule has 26 heavy (non-hydrogen) atoms. The maximum absolute atomic E-state index is 12.2.